The number of H-pyrrole nitrogens is 1. The molecular formula is C30H33N7O2S. The minimum atomic E-state index is -0.583. The Morgan fingerprint density at radius 1 is 1.07 bits per heavy atom. The number of nitrogens with one attached hydrogen (secondary N) is 3. The maximum atomic E-state index is 6.55. The van der Waals surface area contributed by atoms with Gasteiger partial charge in [-0.2, -0.15) is 5.10 Å². The van der Waals surface area contributed by atoms with Crippen LogP contribution in [-0.4, -0.2) is 41.7 Å². The fourth-order valence-electron chi connectivity index (χ4n) is 5.17. The molecule has 5 N–H and O–H groups in total. The number of nitrogen functional groups attached to an aromatic ring is 1. The van der Waals surface area contributed by atoms with Gasteiger partial charge in [0.15, 0.2) is 5.79 Å². The van der Waals surface area contributed by atoms with Gasteiger partial charge in [0.05, 0.1) is 40.2 Å². The van der Waals surface area contributed by atoms with Crippen molar-refractivity contribution in [1.29, 1.82) is 0 Å². The maximum absolute atomic E-state index is 6.55. The van der Waals surface area contributed by atoms with E-state index in [4.69, 9.17) is 20.2 Å². The van der Waals surface area contributed by atoms with E-state index in [9.17, 15) is 0 Å². The second-order valence-electron chi connectivity index (χ2n) is 9.90. The minimum Gasteiger partial charge on any atom is -0.497 e. The Kier molecular flexibility index (Phi) is 7.29. The monoisotopic (exact) mass is 555 g/mol. The van der Waals surface area contributed by atoms with Crippen LogP contribution in [0.2, 0.25) is 0 Å². The summed E-state index contributed by atoms with van der Waals surface area (Å²) in [4.78, 5) is 8.10. The van der Waals surface area contributed by atoms with Crippen LogP contribution in [0, 0.1) is 0 Å². The highest BCUT2D eigenvalue weighted by Gasteiger charge is 2.43. The summed E-state index contributed by atoms with van der Waals surface area (Å²) in [6, 6.07) is 22.4. The summed E-state index contributed by atoms with van der Waals surface area (Å²) in [6.45, 7) is 1.89. The van der Waals surface area contributed by atoms with Gasteiger partial charge in [-0.3, -0.25) is 10.4 Å². The van der Waals surface area contributed by atoms with Crippen molar-refractivity contribution in [3.05, 3.63) is 84.1 Å². The molecule has 1 unspecified atom stereocenters. The lowest BCUT2D eigenvalue weighted by Gasteiger charge is -2.39. The number of fused-ring (bicyclic) bond motifs is 3. The molecule has 1 aliphatic rings. The fourth-order valence-corrected chi connectivity index (χ4v) is 6.33. The number of thiophene rings is 1. The SMILES string of the molecule is COc1ccc(CNC2(CCCOCc3ccccc3)Nc3c(N)nc4cc(-c5ccn[nH]5)sc4c3N2C)cc1. The number of anilines is 3. The summed E-state index contributed by atoms with van der Waals surface area (Å²) in [7, 11) is 3.79. The molecule has 9 nitrogen and oxygen atoms in total. The largest absolute Gasteiger partial charge is 0.497 e. The molecule has 40 heavy (non-hydrogen) atoms. The molecule has 5 aromatic rings. The third-order valence-electron chi connectivity index (χ3n) is 7.35. The zero-order valence-corrected chi connectivity index (χ0v) is 23.4. The van der Waals surface area contributed by atoms with E-state index in [1.54, 1.807) is 24.6 Å². The zero-order valence-electron chi connectivity index (χ0n) is 22.6. The van der Waals surface area contributed by atoms with Crippen molar-refractivity contribution in [2.75, 3.05) is 36.7 Å². The molecule has 2 aromatic carbocycles. The van der Waals surface area contributed by atoms with Crippen molar-refractivity contribution in [2.45, 2.75) is 31.8 Å². The standard InChI is InChI=1S/C30H33N7O2S/c1-37-27-26(29(31)34-24-17-25(40-28(24)27)23-13-15-33-36-23)35-30(37,32-18-20-9-11-22(38-2)12-10-20)14-6-16-39-19-21-7-4-3-5-8-21/h3-5,7-13,15,17,32,35H,6,14,16,18-19H2,1-2H3,(H2,31,34)(H,33,36). The first-order valence-corrected chi connectivity index (χ1v) is 14.1. The van der Waals surface area contributed by atoms with E-state index in [1.807, 2.05) is 36.4 Å². The molecule has 0 fully saturated rings. The predicted molar refractivity (Wildman–Crippen MR) is 162 cm³/mol. The summed E-state index contributed by atoms with van der Waals surface area (Å²) in [5.74, 6) is 0.738. The summed E-state index contributed by atoms with van der Waals surface area (Å²) in [5.41, 5.74) is 12.6. The van der Waals surface area contributed by atoms with Gasteiger partial charge in [-0.25, -0.2) is 4.98 Å². The van der Waals surface area contributed by atoms with Crippen molar-refractivity contribution >= 4 is 38.7 Å². The molecule has 0 bridgehead atoms. The number of rotatable bonds is 11. The molecule has 6 rings (SSSR count). The Morgan fingerprint density at radius 2 is 1.90 bits per heavy atom. The molecule has 0 radical (unpaired) electrons. The molecule has 206 valence electrons. The average Bonchev–Trinajstić information content (AvgIpc) is 3.72. The van der Waals surface area contributed by atoms with Crippen LogP contribution in [0.3, 0.4) is 0 Å². The maximum Gasteiger partial charge on any atom is 0.167 e. The molecule has 0 saturated heterocycles. The second-order valence-corrected chi connectivity index (χ2v) is 11.0. The Bertz CT molecular complexity index is 1570. The average molecular weight is 556 g/mol. The van der Waals surface area contributed by atoms with Gasteiger partial charge in [-0.1, -0.05) is 42.5 Å². The van der Waals surface area contributed by atoms with Crippen LogP contribution in [0.25, 0.3) is 20.8 Å². The number of nitrogens with two attached hydrogens (primary N) is 1. The lowest BCUT2D eigenvalue weighted by molar-refractivity contribution is 0.111. The zero-order chi connectivity index (χ0) is 27.5. The van der Waals surface area contributed by atoms with Crippen LogP contribution < -0.4 is 26.0 Å². The Morgan fingerprint density at radius 3 is 2.65 bits per heavy atom. The van der Waals surface area contributed by atoms with Crippen LogP contribution in [0.15, 0.2) is 72.9 Å². The molecule has 3 aromatic heterocycles. The molecule has 0 spiro atoms. The van der Waals surface area contributed by atoms with Crippen molar-refractivity contribution in [1.82, 2.24) is 20.5 Å². The third-order valence-corrected chi connectivity index (χ3v) is 8.51. The number of ether oxygens (including phenoxy) is 2. The van der Waals surface area contributed by atoms with Gasteiger partial charge >= 0.3 is 0 Å². The van der Waals surface area contributed by atoms with E-state index in [0.717, 1.165) is 56.3 Å². The van der Waals surface area contributed by atoms with Crippen LogP contribution in [0.4, 0.5) is 17.2 Å². The van der Waals surface area contributed by atoms with Gasteiger partial charge in [0.2, 0.25) is 0 Å². The minimum absolute atomic E-state index is 0.483. The molecule has 10 heteroatoms. The first-order chi connectivity index (χ1) is 19.6. The number of hydrogen-bond acceptors (Lipinski definition) is 9. The third kappa shape index (κ3) is 5.08. The highest BCUT2D eigenvalue weighted by Crippen LogP contribution is 2.50. The van der Waals surface area contributed by atoms with Crippen molar-refractivity contribution in [3.63, 3.8) is 0 Å². The van der Waals surface area contributed by atoms with Gasteiger partial charge in [0, 0.05) is 32.8 Å². The van der Waals surface area contributed by atoms with Crippen molar-refractivity contribution in [3.8, 4) is 16.3 Å². The smallest absolute Gasteiger partial charge is 0.167 e. The van der Waals surface area contributed by atoms with Gasteiger partial charge < -0.3 is 25.4 Å². The van der Waals surface area contributed by atoms with Crippen LogP contribution in [0.1, 0.15) is 24.0 Å². The highest BCUT2D eigenvalue weighted by atomic mass is 32.1. The summed E-state index contributed by atoms with van der Waals surface area (Å²) < 4.78 is 12.4. The molecule has 0 amide bonds. The molecule has 0 aliphatic carbocycles. The van der Waals surface area contributed by atoms with E-state index >= 15 is 0 Å². The first kappa shape index (κ1) is 26.1. The van der Waals surface area contributed by atoms with E-state index in [2.05, 4.69) is 63.1 Å². The topological polar surface area (TPSA) is 113 Å². The summed E-state index contributed by atoms with van der Waals surface area (Å²) in [6.07, 6.45) is 3.38. The number of nitrogens with zero attached hydrogens (tertiary/aromatic N) is 3. The first-order valence-electron chi connectivity index (χ1n) is 13.3. The van der Waals surface area contributed by atoms with E-state index in [0.29, 0.717) is 25.6 Å². The lowest BCUT2D eigenvalue weighted by Crippen LogP contribution is -2.60. The van der Waals surface area contributed by atoms with Gasteiger partial charge in [0.1, 0.15) is 17.3 Å². The Labute approximate surface area is 237 Å². The fraction of sp³-hybridized carbons (Fsp3) is 0.267. The van der Waals surface area contributed by atoms with E-state index in [-0.39, 0.29) is 0 Å². The number of hydrogen-bond donors (Lipinski definition) is 4. The van der Waals surface area contributed by atoms with Crippen molar-refractivity contribution in [2.24, 2.45) is 0 Å². The predicted octanol–water partition coefficient (Wildman–Crippen LogP) is 5.58. The van der Waals surface area contributed by atoms with E-state index < -0.39 is 5.79 Å². The summed E-state index contributed by atoms with van der Waals surface area (Å²) >= 11 is 1.68. The Balaban J connectivity index is 1.26. The molecule has 1 aliphatic heterocycles. The number of aromatic nitrogens is 3. The normalized spacial score (nSPS) is 16.3. The van der Waals surface area contributed by atoms with E-state index in [1.165, 1.54) is 5.56 Å². The number of benzene rings is 2. The summed E-state index contributed by atoms with van der Waals surface area (Å²) in [5, 5.41) is 14.7. The molecular weight excluding hydrogens is 522 g/mol. The second kappa shape index (κ2) is 11.2. The lowest BCUT2D eigenvalue weighted by atomic mass is 10.1. The van der Waals surface area contributed by atoms with Crippen LogP contribution in [0.5, 0.6) is 5.75 Å². The van der Waals surface area contributed by atoms with Gasteiger partial charge in [-0.05, 0) is 41.8 Å². The molecule has 1 atom stereocenters. The quantitative estimate of drug-likeness (QED) is 0.156. The highest BCUT2D eigenvalue weighted by molar-refractivity contribution is 7.22. The number of methoxy groups -OCH3 is 1. The number of pyridine rings is 1. The number of aromatic amines is 1. The molecule has 0 saturated carbocycles. The van der Waals surface area contributed by atoms with Crippen molar-refractivity contribution < 1.29 is 9.47 Å². The van der Waals surface area contributed by atoms with Crippen LogP contribution in [-0.2, 0) is 17.9 Å². The van der Waals surface area contributed by atoms with Crippen LogP contribution >= 0.6 is 11.3 Å². The van der Waals surface area contributed by atoms with Gasteiger partial charge in [0.25, 0.3) is 0 Å². The Hall–Kier alpha value is -4.12. The molecule has 4 heterocycles. The van der Waals surface area contributed by atoms with Gasteiger partial charge in [-0.15, -0.1) is 11.3 Å².